The van der Waals surface area contributed by atoms with Crippen LogP contribution in [-0.4, -0.2) is 82.0 Å². The molecule has 0 bridgehead atoms. The number of hydrogen-bond acceptors (Lipinski definition) is 10. The first-order valence-corrected chi connectivity index (χ1v) is 12.7. The average molecular weight is 538 g/mol. The zero-order valence-corrected chi connectivity index (χ0v) is 21.3. The lowest BCUT2D eigenvalue weighted by molar-refractivity contribution is -0.384. The third kappa shape index (κ3) is 3.88. The molecule has 0 unspecified atom stereocenters. The minimum atomic E-state index is -1.74. The van der Waals surface area contributed by atoms with Gasteiger partial charge in [-0.15, -0.1) is 0 Å². The van der Waals surface area contributed by atoms with Crippen LogP contribution in [0.25, 0.3) is 0 Å². The number of barbiturate groups is 1. The number of anilines is 3. The summed E-state index contributed by atoms with van der Waals surface area (Å²) in [6.07, 6.45) is -0.123. The van der Waals surface area contributed by atoms with Gasteiger partial charge in [0.15, 0.2) is 5.41 Å². The summed E-state index contributed by atoms with van der Waals surface area (Å²) in [5, 5.41) is 14.5. The Morgan fingerprint density at radius 1 is 1.03 bits per heavy atom. The van der Waals surface area contributed by atoms with Gasteiger partial charge in [0, 0.05) is 37.8 Å². The maximum absolute atomic E-state index is 14.3. The van der Waals surface area contributed by atoms with Gasteiger partial charge in [-0.25, -0.2) is 9.69 Å². The van der Waals surface area contributed by atoms with Crippen LogP contribution in [0.2, 0.25) is 0 Å². The number of amides is 4. The number of nitrogens with one attached hydrogen (secondary N) is 1. The Kier molecular flexibility index (Phi) is 6.11. The number of imide groups is 2. The number of methoxy groups -OCH3 is 1. The molecule has 13 nitrogen and oxygen atoms in total. The largest absolute Gasteiger partial charge is 0.497 e. The molecule has 4 aliphatic heterocycles. The molecule has 204 valence electrons. The number of nitrogens with zero attached hydrogens (tertiary/aromatic N) is 4. The third-order valence-electron chi connectivity index (χ3n) is 7.94. The molecule has 2 aromatic rings. The van der Waals surface area contributed by atoms with Gasteiger partial charge in [0.1, 0.15) is 11.4 Å². The number of morpholine rings is 2. The van der Waals surface area contributed by atoms with Crippen molar-refractivity contribution in [3.63, 3.8) is 0 Å². The highest BCUT2D eigenvalue weighted by molar-refractivity contribution is 6.30. The number of urea groups is 1. The fraction of sp³-hybridized carbons (Fsp3) is 0.423. The van der Waals surface area contributed by atoms with Crippen molar-refractivity contribution < 1.29 is 33.5 Å². The van der Waals surface area contributed by atoms with Gasteiger partial charge in [-0.05, 0) is 35.9 Å². The van der Waals surface area contributed by atoms with E-state index in [9.17, 15) is 24.5 Å². The first-order valence-electron chi connectivity index (χ1n) is 12.7. The van der Waals surface area contributed by atoms with Crippen molar-refractivity contribution in [1.29, 1.82) is 0 Å². The molecule has 3 fully saturated rings. The molecule has 0 radical (unpaired) electrons. The van der Waals surface area contributed by atoms with Crippen LogP contribution >= 0.6 is 0 Å². The zero-order valence-electron chi connectivity index (χ0n) is 21.3. The summed E-state index contributed by atoms with van der Waals surface area (Å²) < 4.78 is 16.4. The maximum atomic E-state index is 14.3. The molecule has 13 heteroatoms. The predicted molar refractivity (Wildman–Crippen MR) is 138 cm³/mol. The highest BCUT2D eigenvalue weighted by Crippen LogP contribution is 2.49. The fourth-order valence-electron chi connectivity index (χ4n) is 6.01. The van der Waals surface area contributed by atoms with Crippen LogP contribution in [0.1, 0.15) is 5.56 Å². The molecule has 0 aliphatic carbocycles. The number of nitro groups is 1. The van der Waals surface area contributed by atoms with Crippen molar-refractivity contribution in [1.82, 2.24) is 5.32 Å². The molecular formula is C26H27N5O8. The zero-order chi connectivity index (χ0) is 27.3. The lowest BCUT2D eigenvalue weighted by Gasteiger charge is -2.53. The van der Waals surface area contributed by atoms with E-state index < -0.39 is 34.2 Å². The Bertz CT molecular complexity index is 1360. The highest BCUT2D eigenvalue weighted by Gasteiger charge is 2.63. The summed E-state index contributed by atoms with van der Waals surface area (Å²) in [5.41, 5.74) is 0.101. The summed E-state index contributed by atoms with van der Waals surface area (Å²) in [6.45, 7) is 2.74. The summed E-state index contributed by atoms with van der Waals surface area (Å²) in [5.74, 6) is -0.906. The predicted octanol–water partition coefficient (Wildman–Crippen LogP) is 1.47. The second kappa shape index (κ2) is 9.50. The highest BCUT2D eigenvalue weighted by atomic mass is 16.6. The Labute approximate surface area is 223 Å². The molecule has 6 rings (SSSR count). The Hall–Kier alpha value is -4.23. The molecule has 3 saturated heterocycles. The molecule has 2 atom stereocenters. The quantitative estimate of drug-likeness (QED) is 0.346. The fourth-order valence-corrected chi connectivity index (χ4v) is 6.01. The monoisotopic (exact) mass is 537 g/mol. The summed E-state index contributed by atoms with van der Waals surface area (Å²) in [6, 6.07) is 8.01. The second-order valence-corrected chi connectivity index (χ2v) is 9.86. The topological polar surface area (TPSA) is 144 Å². The van der Waals surface area contributed by atoms with E-state index in [-0.39, 0.29) is 24.4 Å². The van der Waals surface area contributed by atoms with Crippen LogP contribution in [0.4, 0.5) is 27.5 Å². The minimum absolute atomic E-state index is 0.0765. The van der Waals surface area contributed by atoms with E-state index in [1.54, 1.807) is 30.3 Å². The standard InChI is InChI=1S/C26H27N5O8/c1-37-18-4-2-17(3-5-18)30-24(33)26(23(32)27-25(30)34)14-16-12-21(31(35)36)20(28-6-9-38-10-7-28)13-19(16)29-8-11-39-15-22(26)29/h2-5,12-13,22H,6-11,14-15H2,1H3,(H,27,32,34)/t22-,26+/m1/s1. The number of nitro benzene ring substituents is 1. The molecule has 4 aliphatic rings. The van der Waals surface area contributed by atoms with Gasteiger partial charge in [0.25, 0.3) is 11.6 Å². The summed E-state index contributed by atoms with van der Waals surface area (Å²) in [7, 11) is 1.50. The van der Waals surface area contributed by atoms with Crippen molar-refractivity contribution in [2.24, 2.45) is 5.41 Å². The first-order chi connectivity index (χ1) is 18.8. The van der Waals surface area contributed by atoms with Crippen molar-refractivity contribution in [3.8, 4) is 5.75 Å². The maximum Gasteiger partial charge on any atom is 0.335 e. The van der Waals surface area contributed by atoms with Crippen LogP contribution in [0.3, 0.4) is 0 Å². The van der Waals surface area contributed by atoms with Crippen molar-refractivity contribution in [2.75, 3.05) is 67.9 Å². The lowest BCUT2D eigenvalue weighted by Crippen LogP contribution is -2.74. The lowest BCUT2D eigenvalue weighted by atomic mass is 9.68. The molecule has 4 heterocycles. The Morgan fingerprint density at radius 3 is 2.44 bits per heavy atom. The van der Waals surface area contributed by atoms with Crippen molar-refractivity contribution >= 4 is 40.6 Å². The number of carbonyl (C=O) groups is 3. The molecule has 1 spiro atoms. The molecule has 0 saturated carbocycles. The van der Waals surface area contributed by atoms with Crippen LogP contribution < -0.4 is 24.8 Å². The smallest absolute Gasteiger partial charge is 0.335 e. The molecular weight excluding hydrogens is 510 g/mol. The molecule has 2 aromatic carbocycles. The van der Waals surface area contributed by atoms with E-state index >= 15 is 0 Å². The van der Waals surface area contributed by atoms with Gasteiger partial charge in [-0.2, -0.15) is 0 Å². The number of fused-ring (bicyclic) bond motifs is 4. The van der Waals surface area contributed by atoms with Gasteiger partial charge in [0.2, 0.25) is 5.91 Å². The Balaban J connectivity index is 1.48. The van der Waals surface area contributed by atoms with Crippen LogP contribution in [0.5, 0.6) is 5.75 Å². The van der Waals surface area contributed by atoms with Gasteiger partial charge < -0.3 is 24.0 Å². The van der Waals surface area contributed by atoms with Crippen LogP contribution in [0, 0.1) is 15.5 Å². The minimum Gasteiger partial charge on any atom is -0.497 e. The van der Waals surface area contributed by atoms with Gasteiger partial charge >= 0.3 is 6.03 Å². The van der Waals surface area contributed by atoms with Gasteiger partial charge in [-0.3, -0.25) is 25.0 Å². The molecule has 0 aromatic heterocycles. The molecule has 39 heavy (non-hydrogen) atoms. The van der Waals surface area contributed by atoms with E-state index in [0.29, 0.717) is 56.5 Å². The van der Waals surface area contributed by atoms with E-state index in [2.05, 4.69) is 5.32 Å². The van der Waals surface area contributed by atoms with Crippen molar-refractivity contribution in [3.05, 3.63) is 52.1 Å². The van der Waals surface area contributed by atoms with E-state index in [0.717, 1.165) is 10.6 Å². The number of ether oxygens (including phenoxy) is 3. The van der Waals surface area contributed by atoms with Gasteiger partial charge in [0.05, 0.1) is 50.2 Å². The van der Waals surface area contributed by atoms with Crippen molar-refractivity contribution in [2.45, 2.75) is 12.5 Å². The molecule has 1 N–H and O–H groups in total. The first kappa shape index (κ1) is 25.1. The second-order valence-electron chi connectivity index (χ2n) is 9.86. The average Bonchev–Trinajstić information content (AvgIpc) is 2.96. The van der Waals surface area contributed by atoms with E-state index in [1.807, 2.05) is 9.80 Å². The van der Waals surface area contributed by atoms with Crippen LogP contribution in [-0.2, 0) is 25.5 Å². The molecule has 4 amide bonds. The Morgan fingerprint density at radius 2 is 1.74 bits per heavy atom. The van der Waals surface area contributed by atoms with E-state index in [4.69, 9.17) is 14.2 Å². The number of benzene rings is 2. The SMILES string of the molecule is COc1ccc(N2C(=O)NC(=O)[C@@]3(Cc4cc([N+](=O)[O-])c(N5CCOCC5)cc4N4CCOC[C@@H]43)C2=O)cc1. The number of hydrogen-bond donors (Lipinski definition) is 1. The van der Waals surface area contributed by atoms with Gasteiger partial charge in [-0.1, -0.05) is 0 Å². The summed E-state index contributed by atoms with van der Waals surface area (Å²) >= 11 is 0. The normalized spacial score (nSPS) is 24.8. The third-order valence-corrected chi connectivity index (χ3v) is 7.94. The van der Waals surface area contributed by atoms with Crippen LogP contribution in [0.15, 0.2) is 36.4 Å². The number of carbonyl (C=O) groups excluding carboxylic acids is 3. The number of rotatable bonds is 4. The summed E-state index contributed by atoms with van der Waals surface area (Å²) in [4.78, 5) is 57.4. The van der Waals surface area contributed by atoms with E-state index in [1.165, 1.54) is 13.2 Å².